The Balaban J connectivity index is 0.757. The van der Waals surface area contributed by atoms with Gasteiger partial charge in [0.1, 0.15) is 17.6 Å². The third-order valence-electron chi connectivity index (χ3n) is 14.1. The van der Waals surface area contributed by atoms with Crippen LogP contribution in [0.5, 0.6) is 5.75 Å². The molecule has 68 heavy (non-hydrogen) atoms. The van der Waals surface area contributed by atoms with Gasteiger partial charge in [0.2, 0.25) is 17.7 Å². The normalized spacial score (nSPS) is 18.3. The van der Waals surface area contributed by atoms with Crippen LogP contribution in [-0.2, 0) is 20.9 Å². The van der Waals surface area contributed by atoms with E-state index in [2.05, 4.69) is 58.8 Å². The zero-order valence-electron chi connectivity index (χ0n) is 40.6. The highest BCUT2D eigenvalue weighted by atomic mass is 35.5. The van der Waals surface area contributed by atoms with E-state index in [1.165, 1.54) is 6.07 Å². The minimum absolute atomic E-state index is 0.00859. The summed E-state index contributed by atoms with van der Waals surface area (Å²) in [6, 6.07) is 19.6. The third kappa shape index (κ3) is 13.4. The largest absolute Gasteiger partial charge is 0.492 e. The van der Waals surface area contributed by atoms with Crippen LogP contribution in [0, 0.1) is 30.0 Å². The van der Waals surface area contributed by atoms with Crippen LogP contribution < -0.4 is 20.7 Å². The first-order valence-corrected chi connectivity index (χ1v) is 26.1. The standard InChI is InChI=1S/C55H70ClFN6O4S/c1-36(39-19-21-40(22-20-39)44-27-29-58-47-26-23-42(57)32-45(44)47)52(64)62-43-24-25-46(56)49(33-43)67-31-12-10-8-6-7-9-11-28-59-51(55(3,4)5)54(66)63-30-13-14-48(63)53(65)60-34-38-15-17-41(18-16-38)50-37(2)61-35-68-50/h15-18,23-27,29,32-33,35-36,39-40,48,51,59H,6-14,19-22,28,30-31,34H2,1-5H3,(H,60,65)(H,62,64)/t36-,39?,40?,48-,51+/m1/s1. The number of carbonyl (C=O) groups excluding carboxylic acids is 3. The molecule has 364 valence electrons. The molecule has 7 rings (SSSR count). The fourth-order valence-electron chi connectivity index (χ4n) is 10.0. The molecular weight excluding hydrogens is 895 g/mol. The molecule has 2 aliphatic rings. The van der Waals surface area contributed by atoms with Crippen LogP contribution in [0.15, 0.2) is 78.4 Å². The van der Waals surface area contributed by atoms with E-state index in [4.69, 9.17) is 16.3 Å². The number of fused-ring (bicyclic) bond motifs is 1. The first-order valence-electron chi connectivity index (χ1n) is 24.8. The number of rotatable bonds is 21. The Labute approximate surface area is 411 Å². The Kier molecular flexibility index (Phi) is 18.0. The number of benzene rings is 3. The highest BCUT2D eigenvalue weighted by Crippen LogP contribution is 2.41. The topological polar surface area (TPSA) is 126 Å². The van der Waals surface area contributed by atoms with Gasteiger partial charge >= 0.3 is 0 Å². The first kappa shape index (κ1) is 51.0. The fourth-order valence-corrected chi connectivity index (χ4v) is 11.0. The molecule has 10 nitrogen and oxygen atoms in total. The molecule has 1 saturated heterocycles. The average Bonchev–Trinajstić information content (AvgIpc) is 4.01. The van der Waals surface area contributed by atoms with Crippen molar-refractivity contribution in [2.24, 2.45) is 17.3 Å². The number of nitrogens with one attached hydrogen (secondary N) is 3. The summed E-state index contributed by atoms with van der Waals surface area (Å²) in [6.07, 6.45) is 14.4. The molecule has 2 aromatic heterocycles. The van der Waals surface area contributed by atoms with E-state index in [1.54, 1.807) is 34.4 Å². The summed E-state index contributed by atoms with van der Waals surface area (Å²) in [7, 11) is 0. The molecule has 0 radical (unpaired) electrons. The number of pyridine rings is 1. The molecular formula is C55H70ClFN6O4S. The lowest BCUT2D eigenvalue weighted by molar-refractivity contribution is -0.142. The predicted molar refractivity (Wildman–Crippen MR) is 274 cm³/mol. The maximum atomic E-state index is 14.1. The Morgan fingerprint density at radius 3 is 2.35 bits per heavy atom. The number of halogens is 2. The van der Waals surface area contributed by atoms with Crippen molar-refractivity contribution >= 4 is 57.2 Å². The highest BCUT2D eigenvalue weighted by molar-refractivity contribution is 7.13. The quantitative estimate of drug-likeness (QED) is 0.0625. The highest BCUT2D eigenvalue weighted by Gasteiger charge is 2.41. The lowest BCUT2D eigenvalue weighted by atomic mass is 9.73. The molecule has 1 saturated carbocycles. The molecule has 13 heteroatoms. The SMILES string of the molecule is Cc1ncsc1-c1ccc(CNC(=O)[C@H]2CCCN2C(=O)[C@H](NCCCCCCCCCOc2cc(NC(=O)[C@H](C)C3CCC(c4ccnc5ccc(F)cc45)CC3)ccc2Cl)C(C)(C)C)cc1. The van der Waals surface area contributed by atoms with Crippen molar-refractivity contribution in [3.05, 3.63) is 106 Å². The van der Waals surface area contributed by atoms with Crippen LogP contribution in [0.1, 0.15) is 134 Å². The van der Waals surface area contributed by atoms with Crippen molar-refractivity contribution in [1.29, 1.82) is 0 Å². The molecule has 2 fully saturated rings. The summed E-state index contributed by atoms with van der Waals surface area (Å²) in [6.45, 7) is 12.6. The van der Waals surface area contributed by atoms with Crippen molar-refractivity contribution < 1.29 is 23.5 Å². The Bertz CT molecular complexity index is 2470. The van der Waals surface area contributed by atoms with E-state index in [0.717, 1.165) is 122 Å². The number of aryl methyl sites for hydroxylation is 1. The Morgan fingerprint density at radius 2 is 1.63 bits per heavy atom. The zero-order chi connectivity index (χ0) is 48.2. The van der Waals surface area contributed by atoms with Crippen LogP contribution in [0.25, 0.3) is 21.3 Å². The molecule has 3 N–H and O–H groups in total. The van der Waals surface area contributed by atoms with Gasteiger partial charge in [-0.05, 0) is 135 Å². The van der Waals surface area contributed by atoms with Gasteiger partial charge in [-0.25, -0.2) is 9.37 Å². The van der Waals surface area contributed by atoms with E-state index in [0.29, 0.717) is 48.5 Å². The number of aromatic nitrogens is 2. The van der Waals surface area contributed by atoms with E-state index in [1.807, 2.05) is 55.9 Å². The van der Waals surface area contributed by atoms with Crippen LogP contribution in [0.4, 0.5) is 10.1 Å². The molecule has 3 amide bonds. The predicted octanol–water partition coefficient (Wildman–Crippen LogP) is 12.4. The van der Waals surface area contributed by atoms with E-state index >= 15 is 0 Å². The summed E-state index contributed by atoms with van der Waals surface area (Å²) < 4.78 is 20.2. The number of hydrogen-bond donors (Lipinski definition) is 3. The van der Waals surface area contributed by atoms with E-state index < -0.39 is 6.04 Å². The van der Waals surface area contributed by atoms with Gasteiger partial charge in [-0.1, -0.05) is 95.7 Å². The minimum atomic E-state index is -0.457. The second-order valence-corrected chi connectivity index (χ2v) is 21.3. The molecule has 0 bridgehead atoms. The lowest BCUT2D eigenvalue weighted by Crippen LogP contribution is -2.56. The maximum absolute atomic E-state index is 14.1. The van der Waals surface area contributed by atoms with Crippen LogP contribution in [0.2, 0.25) is 5.02 Å². The average molecular weight is 966 g/mol. The third-order valence-corrected chi connectivity index (χ3v) is 15.4. The Morgan fingerprint density at radius 1 is 0.897 bits per heavy atom. The molecule has 3 atom stereocenters. The van der Waals surface area contributed by atoms with Crippen molar-refractivity contribution in [1.82, 2.24) is 25.5 Å². The van der Waals surface area contributed by atoms with Crippen LogP contribution in [0.3, 0.4) is 0 Å². The lowest BCUT2D eigenvalue weighted by Gasteiger charge is -2.35. The Hall–Kier alpha value is -4.91. The number of unbranched alkanes of at least 4 members (excludes halogenated alkanes) is 6. The minimum Gasteiger partial charge on any atom is -0.492 e. The molecule has 1 aliphatic heterocycles. The van der Waals surface area contributed by atoms with Gasteiger partial charge in [-0.3, -0.25) is 19.4 Å². The first-order chi connectivity index (χ1) is 32.8. The number of anilines is 1. The van der Waals surface area contributed by atoms with Crippen molar-refractivity contribution in [3.8, 4) is 16.2 Å². The molecule has 1 aliphatic carbocycles. The molecule has 3 heterocycles. The van der Waals surface area contributed by atoms with Gasteiger partial charge in [-0.15, -0.1) is 11.3 Å². The zero-order valence-corrected chi connectivity index (χ0v) is 42.1. The summed E-state index contributed by atoms with van der Waals surface area (Å²) in [5.41, 5.74) is 7.34. The number of hydrogen-bond acceptors (Lipinski definition) is 8. The molecule has 3 aromatic carbocycles. The van der Waals surface area contributed by atoms with Crippen molar-refractivity contribution in [2.75, 3.05) is 25.0 Å². The van der Waals surface area contributed by atoms with Crippen LogP contribution in [-0.4, -0.2) is 64.4 Å². The van der Waals surface area contributed by atoms with E-state index in [9.17, 15) is 18.8 Å². The smallest absolute Gasteiger partial charge is 0.243 e. The summed E-state index contributed by atoms with van der Waals surface area (Å²) in [5, 5.41) is 11.2. The summed E-state index contributed by atoms with van der Waals surface area (Å²) in [4.78, 5) is 52.6. The number of thiazole rings is 1. The summed E-state index contributed by atoms with van der Waals surface area (Å²) >= 11 is 8.13. The van der Waals surface area contributed by atoms with Gasteiger partial charge < -0.3 is 25.6 Å². The maximum Gasteiger partial charge on any atom is 0.243 e. The van der Waals surface area contributed by atoms with Gasteiger partial charge in [0.15, 0.2) is 0 Å². The van der Waals surface area contributed by atoms with Gasteiger partial charge in [0, 0.05) is 42.3 Å². The summed E-state index contributed by atoms with van der Waals surface area (Å²) in [5.74, 6) is 0.669. The molecule has 0 unspecified atom stereocenters. The van der Waals surface area contributed by atoms with Crippen molar-refractivity contribution in [3.63, 3.8) is 0 Å². The number of amides is 3. The second-order valence-electron chi connectivity index (χ2n) is 20.0. The molecule has 5 aromatic rings. The van der Waals surface area contributed by atoms with Gasteiger partial charge in [0.05, 0.1) is 39.3 Å². The van der Waals surface area contributed by atoms with Crippen LogP contribution >= 0.6 is 22.9 Å². The van der Waals surface area contributed by atoms with Crippen molar-refractivity contribution in [2.45, 2.75) is 143 Å². The monoisotopic (exact) mass is 964 g/mol. The van der Waals surface area contributed by atoms with Gasteiger partial charge in [0.25, 0.3) is 0 Å². The van der Waals surface area contributed by atoms with E-state index in [-0.39, 0.29) is 46.8 Å². The number of nitrogens with zero attached hydrogens (tertiary/aromatic N) is 3. The second kappa shape index (κ2) is 24.1. The fraction of sp³-hybridized carbons (Fsp3) is 0.509. The number of ether oxygens (including phenoxy) is 1. The molecule has 0 spiro atoms. The van der Waals surface area contributed by atoms with Gasteiger partial charge in [-0.2, -0.15) is 0 Å². The number of carbonyl (C=O) groups is 3. The number of likely N-dealkylation sites (tertiary alicyclic amines) is 1.